The van der Waals surface area contributed by atoms with Gasteiger partial charge in [0.15, 0.2) is 0 Å². The fraction of sp³-hybridized carbons (Fsp3) is 0.350. The zero-order chi connectivity index (χ0) is 16.8. The van der Waals surface area contributed by atoms with Crippen LogP contribution in [0.1, 0.15) is 24.5 Å². The van der Waals surface area contributed by atoms with Crippen molar-refractivity contribution < 1.29 is 9.53 Å². The van der Waals surface area contributed by atoms with Gasteiger partial charge in [0.1, 0.15) is 12.4 Å². The quantitative estimate of drug-likeness (QED) is 0.850. The van der Waals surface area contributed by atoms with Crippen LogP contribution in [-0.4, -0.2) is 25.7 Å². The van der Waals surface area contributed by atoms with E-state index in [1.165, 1.54) is 11.1 Å². The predicted molar refractivity (Wildman–Crippen MR) is 96.8 cm³/mol. The number of hydrogen-bond acceptors (Lipinski definition) is 2. The highest BCUT2D eigenvalue weighted by atomic mass is 16.5. The van der Waals surface area contributed by atoms with E-state index in [2.05, 4.69) is 24.4 Å². The number of ether oxygens (including phenoxy) is 1. The van der Waals surface area contributed by atoms with Crippen molar-refractivity contribution in [2.45, 2.75) is 26.2 Å². The monoisotopic (exact) mass is 324 g/mol. The van der Waals surface area contributed by atoms with Crippen LogP contribution in [0, 0.1) is 0 Å². The van der Waals surface area contributed by atoms with Gasteiger partial charge in [-0.25, -0.2) is 4.79 Å². The number of nitrogens with zero attached hydrogens (tertiary/aromatic N) is 1. The topological polar surface area (TPSA) is 41.6 Å². The SMILES string of the molecule is CCc1ccccc1OCCNC(=O)N1CCCc2ccccc21. The Morgan fingerprint density at radius 3 is 2.83 bits per heavy atom. The predicted octanol–water partition coefficient (Wildman–Crippen LogP) is 3.79. The third kappa shape index (κ3) is 3.70. The van der Waals surface area contributed by atoms with Crippen molar-refractivity contribution in [3.63, 3.8) is 0 Å². The Morgan fingerprint density at radius 1 is 1.17 bits per heavy atom. The van der Waals surface area contributed by atoms with E-state index in [-0.39, 0.29) is 6.03 Å². The number of nitrogens with one attached hydrogen (secondary N) is 1. The molecule has 126 valence electrons. The number of aryl methyl sites for hydroxylation is 2. The second-order valence-corrected chi connectivity index (χ2v) is 5.93. The van der Waals surface area contributed by atoms with Crippen LogP contribution in [-0.2, 0) is 12.8 Å². The number of benzene rings is 2. The molecule has 3 rings (SSSR count). The lowest BCUT2D eigenvalue weighted by Gasteiger charge is -2.29. The van der Waals surface area contributed by atoms with Crippen LogP contribution in [0.4, 0.5) is 10.5 Å². The summed E-state index contributed by atoms with van der Waals surface area (Å²) in [7, 11) is 0. The highest BCUT2D eigenvalue weighted by Gasteiger charge is 2.21. The lowest BCUT2D eigenvalue weighted by atomic mass is 10.0. The number of para-hydroxylation sites is 2. The number of rotatable bonds is 5. The zero-order valence-electron chi connectivity index (χ0n) is 14.1. The van der Waals surface area contributed by atoms with Gasteiger partial charge in [0, 0.05) is 12.2 Å². The fourth-order valence-corrected chi connectivity index (χ4v) is 3.10. The summed E-state index contributed by atoms with van der Waals surface area (Å²) in [5, 5.41) is 2.96. The molecule has 1 heterocycles. The molecule has 2 aromatic rings. The number of carbonyl (C=O) groups is 1. The first-order chi connectivity index (χ1) is 11.8. The summed E-state index contributed by atoms with van der Waals surface area (Å²) < 4.78 is 5.80. The van der Waals surface area contributed by atoms with Crippen LogP contribution < -0.4 is 15.0 Å². The molecular formula is C20H24N2O2. The highest BCUT2D eigenvalue weighted by Crippen LogP contribution is 2.26. The number of hydrogen-bond donors (Lipinski definition) is 1. The number of fused-ring (bicyclic) bond motifs is 1. The van der Waals surface area contributed by atoms with Crippen LogP contribution in [0.15, 0.2) is 48.5 Å². The molecular weight excluding hydrogens is 300 g/mol. The summed E-state index contributed by atoms with van der Waals surface area (Å²) in [5.41, 5.74) is 3.46. The molecule has 0 radical (unpaired) electrons. The van der Waals surface area contributed by atoms with Crippen molar-refractivity contribution in [3.8, 4) is 5.75 Å². The lowest BCUT2D eigenvalue weighted by molar-refractivity contribution is 0.241. The standard InChI is InChI=1S/C20H24N2O2/c1-2-16-8-4-6-12-19(16)24-15-13-21-20(23)22-14-7-10-17-9-3-5-11-18(17)22/h3-6,8-9,11-12H,2,7,10,13-15H2,1H3,(H,21,23). The summed E-state index contributed by atoms with van der Waals surface area (Å²) in [6.07, 6.45) is 2.98. The van der Waals surface area contributed by atoms with E-state index >= 15 is 0 Å². The number of amides is 2. The molecule has 0 spiro atoms. The zero-order valence-corrected chi connectivity index (χ0v) is 14.1. The maximum atomic E-state index is 12.5. The van der Waals surface area contributed by atoms with Crippen molar-refractivity contribution in [1.29, 1.82) is 0 Å². The van der Waals surface area contributed by atoms with Gasteiger partial charge in [-0.3, -0.25) is 4.90 Å². The van der Waals surface area contributed by atoms with E-state index in [1.807, 2.05) is 41.3 Å². The first-order valence-corrected chi connectivity index (χ1v) is 8.63. The Morgan fingerprint density at radius 2 is 1.96 bits per heavy atom. The van der Waals surface area contributed by atoms with E-state index < -0.39 is 0 Å². The molecule has 4 nitrogen and oxygen atoms in total. The lowest BCUT2D eigenvalue weighted by Crippen LogP contribution is -2.44. The summed E-state index contributed by atoms with van der Waals surface area (Å²) in [5.74, 6) is 0.901. The Bertz CT molecular complexity index is 700. The van der Waals surface area contributed by atoms with Crippen LogP contribution >= 0.6 is 0 Å². The second-order valence-electron chi connectivity index (χ2n) is 5.93. The normalized spacial score (nSPS) is 13.3. The maximum absolute atomic E-state index is 12.5. The molecule has 0 fully saturated rings. The third-order valence-electron chi connectivity index (χ3n) is 4.34. The van der Waals surface area contributed by atoms with Crippen LogP contribution in [0.25, 0.3) is 0 Å². The molecule has 0 unspecified atom stereocenters. The van der Waals surface area contributed by atoms with E-state index in [1.54, 1.807) is 0 Å². The molecule has 1 aliphatic heterocycles. The molecule has 24 heavy (non-hydrogen) atoms. The summed E-state index contributed by atoms with van der Waals surface area (Å²) >= 11 is 0. The Labute approximate surface area is 143 Å². The van der Waals surface area contributed by atoms with Gasteiger partial charge < -0.3 is 10.1 Å². The Hall–Kier alpha value is -2.49. The molecule has 0 aromatic heterocycles. The van der Waals surface area contributed by atoms with Crippen LogP contribution in [0.2, 0.25) is 0 Å². The minimum absolute atomic E-state index is 0.0467. The van der Waals surface area contributed by atoms with E-state index in [9.17, 15) is 4.79 Å². The average molecular weight is 324 g/mol. The maximum Gasteiger partial charge on any atom is 0.321 e. The number of anilines is 1. The highest BCUT2D eigenvalue weighted by molar-refractivity contribution is 5.93. The van der Waals surface area contributed by atoms with Gasteiger partial charge in [-0.05, 0) is 42.5 Å². The smallest absolute Gasteiger partial charge is 0.321 e. The first kappa shape index (κ1) is 16.4. The number of urea groups is 1. The molecule has 0 saturated heterocycles. The largest absolute Gasteiger partial charge is 0.491 e. The minimum Gasteiger partial charge on any atom is -0.491 e. The Kier molecular flexibility index (Phi) is 5.36. The van der Waals surface area contributed by atoms with E-state index in [4.69, 9.17) is 4.74 Å². The van der Waals surface area contributed by atoms with Gasteiger partial charge in [-0.15, -0.1) is 0 Å². The van der Waals surface area contributed by atoms with E-state index in [0.29, 0.717) is 13.2 Å². The van der Waals surface area contributed by atoms with Crippen molar-refractivity contribution in [2.24, 2.45) is 0 Å². The molecule has 0 bridgehead atoms. The van der Waals surface area contributed by atoms with Gasteiger partial charge >= 0.3 is 6.03 Å². The summed E-state index contributed by atoms with van der Waals surface area (Å²) in [6.45, 7) is 3.84. The molecule has 0 saturated carbocycles. The number of carbonyl (C=O) groups excluding carboxylic acids is 1. The molecule has 1 N–H and O–H groups in total. The molecule has 0 atom stereocenters. The summed E-state index contributed by atoms with van der Waals surface area (Å²) in [4.78, 5) is 14.3. The van der Waals surface area contributed by atoms with Crippen molar-refractivity contribution in [3.05, 3.63) is 59.7 Å². The van der Waals surface area contributed by atoms with E-state index in [0.717, 1.165) is 37.2 Å². The van der Waals surface area contributed by atoms with Crippen molar-refractivity contribution in [1.82, 2.24) is 5.32 Å². The molecule has 2 amide bonds. The van der Waals surface area contributed by atoms with Gasteiger partial charge in [0.05, 0.1) is 6.54 Å². The Balaban J connectivity index is 1.52. The van der Waals surface area contributed by atoms with Crippen LogP contribution in [0.3, 0.4) is 0 Å². The third-order valence-corrected chi connectivity index (χ3v) is 4.34. The summed E-state index contributed by atoms with van der Waals surface area (Å²) in [6, 6.07) is 16.1. The van der Waals surface area contributed by atoms with Gasteiger partial charge in [-0.2, -0.15) is 0 Å². The van der Waals surface area contributed by atoms with Crippen molar-refractivity contribution in [2.75, 3.05) is 24.6 Å². The minimum atomic E-state index is -0.0467. The van der Waals surface area contributed by atoms with Gasteiger partial charge in [-0.1, -0.05) is 43.3 Å². The second kappa shape index (κ2) is 7.86. The molecule has 4 heteroatoms. The van der Waals surface area contributed by atoms with Gasteiger partial charge in [0.2, 0.25) is 0 Å². The fourth-order valence-electron chi connectivity index (χ4n) is 3.10. The van der Waals surface area contributed by atoms with Crippen molar-refractivity contribution >= 4 is 11.7 Å². The first-order valence-electron chi connectivity index (χ1n) is 8.63. The van der Waals surface area contributed by atoms with Gasteiger partial charge in [0.25, 0.3) is 0 Å². The molecule has 2 aromatic carbocycles. The average Bonchev–Trinajstić information content (AvgIpc) is 2.65. The molecule has 0 aliphatic carbocycles. The van der Waals surface area contributed by atoms with Crippen LogP contribution in [0.5, 0.6) is 5.75 Å². The molecule has 1 aliphatic rings.